The number of hydrogen-bond donors (Lipinski definition) is 1. The monoisotopic (exact) mass is 333 g/mol. The highest BCUT2D eigenvalue weighted by Gasteiger charge is 2.44. The van der Waals surface area contributed by atoms with Crippen molar-refractivity contribution in [3.8, 4) is 0 Å². The number of benzene rings is 1. The Morgan fingerprint density at radius 3 is 2.62 bits per heavy atom. The summed E-state index contributed by atoms with van der Waals surface area (Å²) >= 11 is 0. The van der Waals surface area contributed by atoms with Crippen molar-refractivity contribution in [1.29, 1.82) is 0 Å². The van der Waals surface area contributed by atoms with Crippen LogP contribution in [0.1, 0.15) is 31.9 Å². The molecule has 1 aromatic rings. The molecule has 2 atom stereocenters. The molecule has 1 aliphatic heterocycles. The first-order valence-corrected chi connectivity index (χ1v) is 7.16. The summed E-state index contributed by atoms with van der Waals surface area (Å²) in [6.07, 6.45) is -0.0297. The fourth-order valence-electron chi connectivity index (χ4n) is 2.68. The van der Waals surface area contributed by atoms with Crippen LogP contribution in [0, 0.1) is 16.0 Å². The molecule has 9 heteroatoms. The average molecular weight is 333 g/mol. The van der Waals surface area contributed by atoms with Gasteiger partial charge in [-0.15, -0.1) is 0 Å². The Balaban J connectivity index is 2.66. The van der Waals surface area contributed by atoms with Gasteiger partial charge in [0.25, 0.3) is 5.69 Å². The number of nitro groups is 1. The van der Waals surface area contributed by atoms with Crippen molar-refractivity contribution in [2.24, 2.45) is 10.9 Å². The molecule has 0 saturated carbocycles. The maximum Gasteiger partial charge on any atom is 0.350 e. The van der Waals surface area contributed by atoms with Gasteiger partial charge in [0.1, 0.15) is 5.92 Å². The number of carboxylic acids is 1. The topological polar surface area (TPSA) is 130 Å². The molecule has 0 bridgehead atoms. The minimum atomic E-state index is -1.27. The maximum atomic E-state index is 12.2. The number of amides is 3. The van der Waals surface area contributed by atoms with Crippen LogP contribution in [0.2, 0.25) is 0 Å². The van der Waals surface area contributed by atoms with E-state index in [4.69, 9.17) is 0 Å². The van der Waals surface area contributed by atoms with Crippen LogP contribution in [0.5, 0.6) is 0 Å². The van der Waals surface area contributed by atoms with Crippen LogP contribution in [0.15, 0.2) is 29.3 Å². The largest absolute Gasteiger partial charge is 0.481 e. The molecule has 0 radical (unpaired) electrons. The van der Waals surface area contributed by atoms with E-state index < -0.39 is 34.8 Å². The van der Waals surface area contributed by atoms with E-state index in [0.29, 0.717) is 0 Å². The number of imide groups is 1. The van der Waals surface area contributed by atoms with Gasteiger partial charge in [0.2, 0.25) is 5.91 Å². The lowest BCUT2D eigenvalue weighted by Crippen LogP contribution is -2.49. The molecule has 9 nitrogen and oxygen atoms in total. The Morgan fingerprint density at radius 2 is 2.08 bits per heavy atom. The quantitative estimate of drug-likeness (QED) is 0.663. The van der Waals surface area contributed by atoms with Crippen molar-refractivity contribution < 1.29 is 24.4 Å². The Bertz CT molecular complexity index is 757. The van der Waals surface area contributed by atoms with Gasteiger partial charge in [0.05, 0.1) is 11.0 Å². The molecule has 1 aliphatic rings. The summed E-state index contributed by atoms with van der Waals surface area (Å²) in [5, 5.41) is 20.5. The van der Waals surface area contributed by atoms with Gasteiger partial charge in [-0.2, -0.15) is 0 Å². The molecule has 24 heavy (non-hydrogen) atoms. The first-order chi connectivity index (χ1) is 11.3. The number of urea groups is 1. The number of nitrogens with zero attached hydrogens (tertiary/aromatic N) is 3. The number of non-ortho nitro benzene ring substituents is 1. The van der Waals surface area contributed by atoms with Crippen molar-refractivity contribution >= 4 is 29.3 Å². The second-order valence-electron chi connectivity index (χ2n) is 5.27. The van der Waals surface area contributed by atoms with Crippen LogP contribution < -0.4 is 0 Å². The van der Waals surface area contributed by atoms with Crippen LogP contribution in [0.25, 0.3) is 0 Å². The maximum absolute atomic E-state index is 12.2. The predicted octanol–water partition coefficient (Wildman–Crippen LogP) is 2.17. The lowest BCUT2D eigenvalue weighted by atomic mass is 9.86. The van der Waals surface area contributed by atoms with Crippen molar-refractivity contribution in [3.05, 3.63) is 39.9 Å². The summed E-state index contributed by atoms with van der Waals surface area (Å²) in [5.74, 6) is -3.13. The average Bonchev–Trinajstić information content (AvgIpc) is 2.53. The molecule has 1 aromatic carbocycles. The molecule has 1 heterocycles. The van der Waals surface area contributed by atoms with Gasteiger partial charge in [-0.25, -0.2) is 9.79 Å². The third-order valence-corrected chi connectivity index (χ3v) is 3.78. The van der Waals surface area contributed by atoms with Gasteiger partial charge in [0.15, 0.2) is 0 Å². The zero-order chi connectivity index (χ0) is 18.0. The number of aliphatic imine (C=N–C) groups is 1. The fourth-order valence-corrected chi connectivity index (χ4v) is 2.68. The van der Waals surface area contributed by atoms with Crippen molar-refractivity contribution in [3.63, 3.8) is 0 Å². The summed E-state index contributed by atoms with van der Waals surface area (Å²) in [6, 6.07) is 3.20. The molecular weight excluding hydrogens is 318 g/mol. The first kappa shape index (κ1) is 17.3. The van der Waals surface area contributed by atoms with E-state index in [-0.39, 0.29) is 23.4 Å². The van der Waals surface area contributed by atoms with E-state index in [1.54, 1.807) is 0 Å². The van der Waals surface area contributed by atoms with Gasteiger partial charge in [-0.1, -0.05) is 19.1 Å². The minimum absolute atomic E-state index is 0.0297. The Hall–Kier alpha value is -3.10. The number of nitro benzene ring substituents is 1. The molecule has 3 amide bonds. The van der Waals surface area contributed by atoms with Gasteiger partial charge in [-0.3, -0.25) is 24.6 Å². The van der Waals surface area contributed by atoms with Gasteiger partial charge >= 0.3 is 12.0 Å². The smallest absolute Gasteiger partial charge is 0.350 e. The molecule has 2 unspecified atom stereocenters. The molecule has 126 valence electrons. The SMILES string of the molecule is CCC(=O)N1C(=O)N=C(C)C(C(=O)O)C1c1cccc([N+](=O)[O-])c1. The van der Waals surface area contributed by atoms with Crippen LogP contribution in [-0.2, 0) is 9.59 Å². The van der Waals surface area contributed by atoms with E-state index in [1.807, 2.05) is 0 Å². The summed E-state index contributed by atoms with van der Waals surface area (Å²) < 4.78 is 0. The van der Waals surface area contributed by atoms with Crippen molar-refractivity contribution in [2.75, 3.05) is 0 Å². The summed E-state index contributed by atoms with van der Waals surface area (Å²) in [5.41, 5.74) is -0.0155. The molecule has 0 spiro atoms. The van der Waals surface area contributed by atoms with E-state index in [9.17, 15) is 29.6 Å². The third kappa shape index (κ3) is 3.00. The first-order valence-electron chi connectivity index (χ1n) is 7.16. The number of hydrogen-bond acceptors (Lipinski definition) is 5. The highest BCUT2D eigenvalue weighted by atomic mass is 16.6. The number of aliphatic carboxylic acids is 1. The third-order valence-electron chi connectivity index (χ3n) is 3.78. The zero-order valence-electron chi connectivity index (χ0n) is 13.0. The summed E-state index contributed by atoms with van der Waals surface area (Å²) in [4.78, 5) is 50.7. The van der Waals surface area contributed by atoms with E-state index >= 15 is 0 Å². The second-order valence-corrected chi connectivity index (χ2v) is 5.27. The zero-order valence-corrected chi connectivity index (χ0v) is 13.0. The van der Waals surface area contributed by atoms with E-state index in [1.165, 1.54) is 38.1 Å². The highest BCUT2D eigenvalue weighted by Crippen LogP contribution is 2.36. The van der Waals surface area contributed by atoms with Crippen LogP contribution in [-0.4, -0.2) is 38.5 Å². The lowest BCUT2D eigenvalue weighted by Gasteiger charge is -2.36. The second kappa shape index (κ2) is 6.57. The Labute approximate surface area is 136 Å². The molecule has 0 aliphatic carbocycles. The summed E-state index contributed by atoms with van der Waals surface area (Å²) in [6.45, 7) is 2.91. The summed E-state index contributed by atoms with van der Waals surface area (Å²) in [7, 11) is 0. The molecule has 2 rings (SSSR count). The highest BCUT2D eigenvalue weighted by molar-refractivity contribution is 6.11. The number of carbonyl (C=O) groups is 3. The molecule has 0 fully saturated rings. The van der Waals surface area contributed by atoms with E-state index in [2.05, 4.69) is 4.99 Å². The fraction of sp³-hybridized carbons (Fsp3) is 0.333. The molecular formula is C15H15N3O6. The number of carboxylic acid groups (broad SMARTS) is 1. The van der Waals surface area contributed by atoms with Crippen LogP contribution in [0.4, 0.5) is 10.5 Å². The van der Waals surface area contributed by atoms with Crippen LogP contribution in [0.3, 0.4) is 0 Å². The van der Waals surface area contributed by atoms with Gasteiger partial charge in [0, 0.05) is 24.3 Å². The Morgan fingerprint density at radius 1 is 1.42 bits per heavy atom. The molecule has 0 saturated heterocycles. The van der Waals surface area contributed by atoms with E-state index in [0.717, 1.165) is 4.90 Å². The minimum Gasteiger partial charge on any atom is -0.481 e. The lowest BCUT2D eigenvalue weighted by molar-refractivity contribution is -0.385. The van der Waals surface area contributed by atoms with Crippen LogP contribution >= 0.6 is 0 Å². The predicted molar refractivity (Wildman–Crippen MR) is 82.6 cm³/mol. The van der Waals surface area contributed by atoms with Crippen molar-refractivity contribution in [1.82, 2.24) is 4.90 Å². The number of carbonyl (C=O) groups excluding carboxylic acids is 2. The standard InChI is InChI=1S/C15H15N3O6/c1-3-11(19)17-13(9-5-4-6-10(7-9)18(23)24)12(14(20)21)8(2)16-15(17)22/h4-7,12-13H,3H2,1-2H3,(H,20,21). The number of rotatable bonds is 4. The van der Waals surface area contributed by atoms with Crippen molar-refractivity contribution in [2.45, 2.75) is 26.3 Å². The molecule has 0 aromatic heterocycles. The normalized spacial score (nSPS) is 20.5. The Kier molecular flexibility index (Phi) is 4.72. The van der Waals surface area contributed by atoms with Gasteiger partial charge < -0.3 is 5.11 Å². The molecule has 1 N–H and O–H groups in total. The van der Waals surface area contributed by atoms with Gasteiger partial charge in [-0.05, 0) is 12.5 Å².